The zero-order valence-electron chi connectivity index (χ0n) is 13.7. The Labute approximate surface area is 164 Å². The van der Waals surface area contributed by atoms with E-state index in [0.717, 1.165) is 0 Å². The average molecular weight is 410 g/mol. The summed E-state index contributed by atoms with van der Waals surface area (Å²) in [7, 11) is 1.24. The van der Waals surface area contributed by atoms with Crippen molar-refractivity contribution in [3.63, 3.8) is 0 Å². The van der Waals surface area contributed by atoms with Gasteiger partial charge in [-0.3, -0.25) is 9.69 Å². The molecule has 2 aliphatic rings. The van der Waals surface area contributed by atoms with Crippen LogP contribution >= 0.6 is 35.0 Å². The van der Waals surface area contributed by atoms with Crippen LogP contribution in [0.25, 0.3) is 0 Å². The molecule has 6 nitrogen and oxygen atoms in total. The molecule has 26 heavy (non-hydrogen) atoms. The predicted molar refractivity (Wildman–Crippen MR) is 99.0 cm³/mol. The van der Waals surface area contributed by atoms with Crippen molar-refractivity contribution in [1.29, 1.82) is 5.26 Å². The molecule has 3 rings (SSSR count). The molecule has 1 saturated heterocycles. The van der Waals surface area contributed by atoms with Crippen LogP contribution in [0.3, 0.4) is 0 Å². The second kappa shape index (κ2) is 6.88. The number of nitriles is 1. The molecular formula is C17H13Cl2N3O3S. The summed E-state index contributed by atoms with van der Waals surface area (Å²) >= 11 is 13.5. The maximum atomic E-state index is 12.6. The quantitative estimate of drug-likeness (QED) is 0.753. The largest absolute Gasteiger partial charge is 0.466 e. The molecule has 1 amide bonds. The van der Waals surface area contributed by atoms with Crippen molar-refractivity contribution in [1.82, 2.24) is 4.90 Å². The van der Waals surface area contributed by atoms with Gasteiger partial charge in [-0.25, -0.2) is 4.79 Å². The molecule has 134 valence electrons. The van der Waals surface area contributed by atoms with E-state index < -0.39 is 17.1 Å². The number of hydrogen-bond acceptors (Lipinski definition) is 6. The number of ether oxygens (including phenoxy) is 1. The lowest BCUT2D eigenvalue weighted by atomic mass is 9.83. The molecule has 2 N–H and O–H groups in total. The minimum Gasteiger partial charge on any atom is -0.466 e. The molecule has 2 atom stereocenters. The van der Waals surface area contributed by atoms with E-state index >= 15 is 0 Å². The van der Waals surface area contributed by atoms with Gasteiger partial charge in [0.2, 0.25) is 5.91 Å². The number of hydrogen-bond donors (Lipinski definition) is 1. The number of allylic oxidation sites excluding steroid dienone is 1. The highest BCUT2D eigenvalue weighted by Gasteiger charge is 2.47. The Hall–Kier alpha value is -2.14. The molecule has 0 unspecified atom stereocenters. The van der Waals surface area contributed by atoms with E-state index in [1.165, 1.54) is 29.8 Å². The highest BCUT2D eigenvalue weighted by molar-refractivity contribution is 8.04. The average Bonchev–Trinajstić information content (AvgIpc) is 2.89. The monoisotopic (exact) mass is 409 g/mol. The highest BCUT2D eigenvalue weighted by atomic mass is 35.5. The topological polar surface area (TPSA) is 96.4 Å². The van der Waals surface area contributed by atoms with Crippen LogP contribution in [-0.2, 0) is 14.3 Å². The third kappa shape index (κ3) is 2.75. The molecule has 0 radical (unpaired) electrons. The van der Waals surface area contributed by atoms with E-state index in [-0.39, 0.29) is 27.9 Å². The fourth-order valence-electron chi connectivity index (χ4n) is 2.98. The van der Waals surface area contributed by atoms with E-state index in [0.29, 0.717) is 15.6 Å². The Balaban J connectivity index is 2.33. The van der Waals surface area contributed by atoms with Gasteiger partial charge in [0.05, 0.1) is 40.5 Å². The molecular weight excluding hydrogens is 397 g/mol. The van der Waals surface area contributed by atoms with Crippen molar-refractivity contribution < 1.29 is 14.3 Å². The second-order valence-corrected chi connectivity index (χ2v) is 7.83. The first-order valence-electron chi connectivity index (χ1n) is 7.49. The number of carbonyl (C=O) groups excluding carboxylic acids is 2. The molecule has 0 bridgehead atoms. The number of thioether (sulfide) groups is 1. The van der Waals surface area contributed by atoms with E-state index in [9.17, 15) is 14.9 Å². The molecule has 2 aliphatic heterocycles. The number of rotatable bonds is 2. The second-order valence-electron chi connectivity index (χ2n) is 5.65. The maximum Gasteiger partial charge on any atom is 0.337 e. The number of benzene rings is 1. The van der Waals surface area contributed by atoms with Crippen LogP contribution < -0.4 is 5.73 Å². The van der Waals surface area contributed by atoms with Gasteiger partial charge >= 0.3 is 5.97 Å². The van der Waals surface area contributed by atoms with E-state index in [2.05, 4.69) is 0 Å². The van der Waals surface area contributed by atoms with E-state index in [1.807, 2.05) is 6.07 Å². The van der Waals surface area contributed by atoms with Crippen LogP contribution in [0.5, 0.6) is 0 Å². The zero-order valence-corrected chi connectivity index (χ0v) is 16.1. The van der Waals surface area contributed by atoms with E-state index in [4.69, 9.17) is 33.7 Å². The smallest absolute Gasteiger partial charge is 0.337 e. The fraction of sp³-hybridized carbons (Fsp3) is 0.235. The summed E-state index contributed by atoms with van der Waals surface area (Å²) in [5, 5.41) is 10.3. The minimum absolute atomic E-state index is 0.00646. The normalized spacial score (nSPS) is 22.4. The predicted octanol–water partition coefficient (Wildman–Crippen LogP) is 3.13. The number of halogens is 2. The summed E-state index contributed by atoms with van der Waals surface area (Å²) in [6, 6.07) is 6.77. The Morgan fingerprint density at radius 1 is 1.42 bits per heavy atom. The first kappa shape index (κ1) is 18.6. The molecule has 9 heteroatoms. The number of nitrogens with zero attached hydrogens (tertiary/aromatic N) is 2. The Kier molecular flexibility index (Phi) is 4.93. The molecule has 0 aliphatic carbocycles. The van der Waals surface area contributed by atoms with Crippen molar-refractivity contribution in [2.75, 3.05) is 7.11 Å². The third-order valence-electron chi connectivity index (χ3n) is 4.18. The maximum absolute atomic E-state index is 12.6. The first-order chi connectivity index (χ1) is 12.3. The summed E-state index contributed by atoms with van der Waals surface area (Å²) in [6.45, 7) is 1.71. The lowest BCUT2D eigenvalue weighted by Crippen LogP contribution is -2.38. The number of methoxy groups -OCH3 is 1. The number of fused-ring (bicyclic) bond motifs is 1. The van der Waals surface area contributed by atoms with Crippen LogP contribution in [0.2, 0.25) is 10.0 Å². The van der Waals surface area contributed by atoms with Crippen LogP contribution in [0.1, 0.15) is 18.4 Å². The lowest BCUT2D eigenvalue weighted by molar-refractivity contribution is -0.136. The van der Waals surface area contributed by atoms with Crippen LogP contribution in [0, 0.1) is 11.3 Å². The van der Waals surface area contributed by atoms with Gasteiger partial charge in [0.25, 0.3) is 0 Å². The van der Waals surface area contributed by atoms with E-state index in [1.54, 1.807) is 19.1 Å². The number of amides is 1. The number of carbonyl (C=O) groups is 2. The first-order valence-corrected chi connectivity index (χ1v) is 9.13. The number of nitrogens with two attached hydrogens (primary N) is 1. The summed E-state index contributed by atoms with van der Waals surface area (Å²) in [4.78, 5) is 26.3. The van der Waals surface area contributed by atoms with Crippen molar-refractivity contribution in [2.24, 2.45) is 5.73 Å². The summed E-state index contributed by atoms with van der Waals surface area (Å²) in [5.41, 5.74) is 6.83. The van der Waals surface area contributed by atoms with Crippen molar-refractivity contribution in [3.8, 4) is 6.07 Å². The Bertz CT molecular complexity index is 936. The van der Waals surface area contributed by atoms with Gasteiger partial charge in [-0.2, -0.15) is 5.26 Å². The molecule has 1 aromatic carbocycles. The Morgan fingerprint density at radius 2 is 2.12 bits per heavy atom. The van der Waals surface area contributed by atoms with Crippen molar-refractivity contribution >= 4 is 46.8 Å². The number of esters is 1. The highest BCUT2D eigenvalue weighted by Crippen LogP contribution is 2.50. The van der Waals surface area contributed by atoms with Gasteiger partial charge in [0.1, 0.15) is 5.82 Å². The van der Waals surface area contributed by atoms with Gasteiger partial charge in [0.15, 0.2) is 0 Å². The lowest BCUT2D eigenvalue weighted by Gasteiger charge is -2.31. The van der Waals surface area contributed by atoms with Crippen molar-refractivity contribution in [3.05, 3.63) is 55.8 Å². The van der Waals surface area contributed by atoms with Crippen LogP contribution in [-0.4, -0.2) is 29.1 Å². The van der Waals surface area contributed by atoms with Gasteiger partial charge in [-0.15, -0.1) is 0 Å². The SMILES string of the molecule is COC(=O)C1=C2S[C@H](C)C(=O)N2C(N)=C(C#N)[C@@H]1c1ccc(Cl)cc1Cl. The van der Waals surface area contributed by atoms with Crippen LogP contribution in [0.15, 0.2) is 40.2 Å². The van der Waals surface area contributed by atoms with Gasteiger partial charge in [-0.05, 0) is 24.6 Å². The molecule has 2 heterocycles. The molecule has 0 spiro atoms. The Morgan fingerprint density at radius 3 is 2.69 bits per heavy atom. The summed E-state index contributed by atoms with van der Waals surface area (Å²) in [5.74, 6) is -1.81. The summed E-state index contributed by atoms with van der Waals surface area (Å²) < 4.78 is 4.92. The zero-order chi connectivity index (χ0) is 19.2. The van der Waals surface area contributed by atoms with Gasteiger partial charge in [0, 0.05) is 10.0 Å². The van der Waals surface area contributed by atoms with Crippen molar-refractivity contribution in [2.45, 2.75) is 18.1 Å². The molecule has 1 aromatic rings. The van der Waals surface area contributed by atoms with Gasteiger partial charge in [-0.1, -0.05) is 41.0 Å². The molecule has 0 aromatic heterocycles. The summed E-state index contributed by atoms with van der Waals surface area (Å²) in [6.07, 6.45) is 0. The standard InChI is InChI=1S/C17H13Cl2N3O3S/c1-7-15(23)22-14(21)10(6-20)12(9-4-3-8(18)5-11(9)19)13(16(22)26-7)17(24)25-2/h3-5,7,12H,21H2,1-2H3/t7-,12+/m1/s1. The molecule has 1 fully saturated rings. The van der Waals surface area contributed by atoms with Gasteiger partial charge < -0.3 is 10.5 Å². The fourth-order valence-corrected chi connectivity index (χ4v) is 4.66. The third-order valence-corrected chi connectivity index (χ3v) is 5.93. The minimum atomic E-state index is -0.853. The van der Waals surface area contributed by atoms with Crippen LogP contribution in [0.4, 0.5) is 0 Å². The molecule has 0 saturated carbocycles.